The molecular formula is C19H19N5O2S. The van der Waals surface area contributed by atoms with Crippen molar-refractivity contribution in [3.63, 3.8) is 0 Å². The number of nitrogens with zero attached hydrogens (tertiary/aromatic N) is 4. The van der Waals surface area contributed by atoms with E-state index in [4.69, 9.17) is 4.74 Å². The minimum atomic E-state index is -0.0551. The highest BCUT2D eigenvalue weighted by molar-refractivity contribution is 7.99. The summed E-state index contributed by atoms with van der Waals surface area (Å²) in [6.07, 6.45) is 0.758. The van der Waals surface area contributed by atoms with Gasteiger partial charge in [-0.05, 0) is 41.1 Å². The molecule has 1 aliphatic heterocycles. The molecule has 0 bridgehead atoms. The fourth-order valence-corrected chi connectivity index (χ4v) is 3.75. The maximum atomic E-state index is 12.5. The largest absolute Gasteiger partial charge is 0.493 e. The highest BCUT2D eigenvalue weighted by atomic mass is 32.2. The van der Waals surface area contributed by atoms with Crippen molar-refractivity contribution in [3.05, 3.63) is 59.7 Å². The predicted molar refractivity (Wildman–Crippen MR) is 102 cm³/mol. The second kappa shape index (κ2) is 7.79. The van der Waals surface area contributed by atoms with Crippen molar-refractivity contribution in [1.29, 1.82) is 0 Å². The fourth-order valence-electron chi connectivity index (χ4n) is 3.05. The summed E-state index contributed by atoms with van der Waals surface area (Å²) in [5, 5.41) is 15.5. The number of carbonyl (C=O) groups is 1. The number of hydrogen-bond acceptors (Lipinski definition) is 6. The molecule has 138 valence electrons. The maximum absolute atomic E-state index is 12.5. The van der Waals surface area contributed by atoms with Crippen LogP contribution in [0.25, 0.3) is 5.69 Å². The van der Waals surface area contributed by atoms with Crippen molar-refractivity contribution in [2.45, 2.75) is 24.5 Å². The van der Waals surface area contributed by atoms with Gasteiger partial charge in [0, 0.05) is 12.0 Å². The molecule has 0 spiro atoms. The third-order valence-electron chi connectivity index (χ3n) is 4.31. The van der Waals surface area contributed by atoms with E-state index >= 15 is 0 Å². The van der Waals surface area contributed by atoms with E-state index in [0.29, 0.717) is 11.8 Å². The van der Waals surface area contributed by atoms with Crippen LogP contribution in [0.1, 0.15) is 23.6 Å². The van der Waals surface area contributed by atoms with Crippen LogP contribution >= 0.6 is 11.8 Å². The first-order valence-corrected chi connectivity index (χ1v) is 9.68. The second-order valence-corrected chi connectivity index (χ2v) is 7.24. The lowest BCUT2D eigenvalue weighted by Crippen LogP contribution is -2.33. The summed E-state index contributed by atoms with van der Waals surface area (Å²) in [6.45, 7) is 2.61. The summed E-state index contributed by atoms with van der Waals surface area (Å²) in [7, 11) is 0. The Morgan fingerprint density at radius 1 is 1.30 bits per heavy atom. The Morgan fingerprint density at radius 3 is 3.07 bits per heavy atom. The molecule has 2 heterocycles. The highest BCUT2D eigenvalue weighted by Crippen LogP contribution is 2.31. The van der Waals surface area contributed by atoms with Crippen LogP contribution in [0.2, 0.25) is 0 Å². The van der Waals surface area contributed by atoms with E-state index < -0.39 is 0 Å². The van der Waals surface area contributed by atoms with E-state index in [1.807, 2.05) is 55.5 Å². The lowest BCUT2D eigenvalue weighted by molar-refractivity contribution is -0.119. The fraction of sp³-hybridized carbons (Fsp3) is 0.263. The van der Waals surface area contributed by atoms with Gasteiger partial charge in [0.2, 0.25) is 11.1 Å². The third kappa shape index (κ3) is 3.95. The number of tetrazole rings is 1. The monoisotopic (exact) mass is 381 g/mol. The maximum Gasteiger partial charge on any atom is 0.230 e. The summed E-state index contributed by atoms with van der Waals surface area (Å²) < 4.78 is 7.29. The molecule has 1 amide bonds. The van der Waals surface area contributed by atoms with Crippen molar-refractivity contribution < 1.29 is 9.53 Å². The molecule has 0 saturated heterocycles. The van der Waals surface area contributed by atoms with E-state index in [-0.39, 0.29) is 17.7 Å². The minimum Gasteiger partial charge on any atom is -0.493 e. The minimum absolute atomic E-state index is 0.0317. The van der Waals surface area contributed by atoms with Gasteiger partial charge in [-0.1, -0.05) is 42.1 Å². The summed E-state index contributed by atoms with van der Waals surface area (Å²) >= 11 is 1.32. The molecule has 0 saturated carbocycles. The van der Waals surface area contributed by atoms with Gasteiger partial charge >= 0.3 is 0 Å². The number of amides is 1. The van der Waals surface area contributed by atoms with Crippen LogP contribution in [-0.4, -0.2) is 38.5 Å². The Labute approximate surface area is 161 Å². The molecule has 3 aromatic rings. The first-order valence-electron chi connectivity index (χ1n) is 8.70. The lowest BCUT2D eigenvalue weighted by Gasteiger charge is -2.26. The number of fused-ring (bicyclic) bond motifs is 1. The molecular weight excluding hydrogens is 362 g/mol. The van der Waals surface area contributed by atoms with Crippen molar-refractivity contribution >= 4 is 17.7 Å². The summed E-state index contributed by atoms with van der Waals surface area (Å²) in [5.41, 5.74) is 3.02. The van der Waals surface area contributed by atoms with Crippen LogP contribution in [-0.2, 0) is 4.79 Å². The van der Waals surface area contributed by atoms with Gasteiger partial charge < -0.3 is 10.1 Å². The zero-order valence-electron chi connectivity index (χ0n) is 14.8. The van der Waals surface area contributed by atoms with Crippen LogP contribution in [0.3, 0.4) is 0 Å². The van der Waals surface area contributed by atoms with Crippen LogP contribution in [0.15, 0.2) is 53.7 Å². The van der Waals surface area contributed by atoms with Crippen LogP contribution in [0.5, 0.6) is 5.75 Å². The molecule has 0 aliphatic carbocycles. The van der Waals surface area contributed by atoms with Gasteiger partial charge in [-0.15, -0.1) is 5.10 Å². The smallest absolute Gasteiger partial charge is 0.230 e. The number of ether oxygens (including phenoxy) is 1. The first kappa shape index (κ1) is 17.5. The van der Waals surface area contributed by atoms with Gasteiger partial charge in [-0.3, -0.25) is 4.79 Å². The van der Waals surface area contributed by atoms with E-state index in [1.54, 1.807) is 4.68 Å². The average molecular weight is 381 g/mol. The SMILES string of the molecule is Cc1cccc(-n2nnnc2SCC(=O)NC2CCOc3ccccc32)c1. The number of para-hydroxylation sites is 1. The third-order valence-corrected chi connectivity index (χ3v) is 5.23. The quantitative estimate of drug-likeness (QED) is 0.685. The molecule has 4 rings (SSSR count). The number of thioether (sulfide) groups is 1. The van der Waals surface area contributed by atoms with Gasteiger partial charge in [0.25, 0.3) is 0 Å². The molecule has 1 atom stereocenters. The highest BCUT2D eigenvalue weighted by Gasteiger charge is 2.23. The molecule has 2 aromatic carbocycles. The normalized spacial score (nSPS) is 15.7. The zero-order chi connectivity index (χ0) is 18.6. The van der Waals surface area contributed by atoms with Gasteiger partial charge in [0.1, 0.15) is 5.75 Å². The molecule has 27 heavy (non-hydrogen) atoms. The number of aryl methyl sites for hydroxylation is 1. The number of carbonyl (C=O) groups excluding carboxylic acids is 1. The molecule has 0 radical (unpaired) electrons. The summed E-state index contributed by atoms with van der Waals surface area (Å²) in [6, 6.07) is 15.7. The molecule has 8 heteroatoms. The molecule has 1 N–H and O–H groups in total. The number of aromatic nitrogens is 4. The standard InChI is InChI=1S/C19H19N5O2S/c1-13-5-4-6-14(11-13)24-19(21-22-23-24)27-12-18(25)20-16-9-10-26-17-8-3-2-7-15(16)17/h2-8,11,16H,9-10,12H2,1H3,(H,20,25). The van der Waals surface area contributed by atoms with Crippen molar-refractivity contribution in [2.75, 3.05) is 12.4 Å². The Hall–Kier alpha value is -2.87. The van der Waals surface area contributed by atoms with Crippen molar-refractivity contribution in [3.8, 4) is 11.4 Å². The van der Waals surface area contributed by atoms with Gasteiger partial charge in [0.05, 0.1) is 24.1 Å². The van der Waals surface area contributed by atoms with E-state index in [2.05, 4.69) is 20.8 Å². The zero-order valence-corrected chi connectivity index (χ0v) is 15.6. The second-order valence-electron chi connectivity index (χ2n) is 6.30. The van der Waals surface area contributed by atoms with Gasteiger partial charge in [-0.2, -0.15) is 4.68 Å². The summed E-state index contributed by atoms with van der Waals surface area (Å²) in [5.74, 6) is 1.02. The van der Waals surface area contributed by atoms with Crippen LogP contribution in [0.4, 0.5) is 0 Å². The topological polar surface area (TPSA) is 81.9 Å². The van der Waals surface area contributed by atoms with E-state index in [0.717, 1.165) is 29.0 Å². The molecule has 1 aliphatic rings. The Bertz CT molecular complexity index is 959. The predicted octanol–water partition coefficient (Wildman–Crippen LogP) is 2.70. The number of nitrogens with one attached hydrogen (secondary N) is 1. The average Bonchev–Trinajstić information content (AvgIpc) is 3.15. The Balaban J connectivity index is 1.41. The molecule has 1 aromatic heterocycles. The molecule has 7 nitrogen and oxygen atoms in total. The molecule has 1 unspecified atom stereocenters. The molecule has 0 fully saturated rings. The van der Waals surface area contributed by atoms with Crippen LogP contribution in [0, 0.1) is 6.92 Å². The van der Waals surface area contributed by atoms with Crippen molar-refractivity contribution in [1.82, 2.24) is 25.5 Å². The Kier molecular flexibility index (Phi) is 5.06. The van der Waals surface area contributed by atoms with E-state index in [9.17, 15) is 4.79 Å². The van der Waals surface area contributed by atoms with Gasteiger partial charge in [-0.25, -0.2) is 0 Å². The van der Waals surface area contributed by atoms with Crippen molar-refractivity contribution in [2.24, 2.45) is 0 Å². The number of rotatable bonds is 5. The summed E-state index contributed by atoms with van der Waals surface area (Å²) in [4.78, 5) is 12.5. The Morgan fingerprint density at radius 2 is 2.19 bits per heavy atom. The van der Waals surface area contributed by atoms with Gasteiger partial charge in [0.15, 0.2) is 0 Å². The lowest BCUT2D eigenvalue weighted by atomic mass is 10.0. The number of hydrogen-bond donors (Lipinski definition) is 1. The number of benzene rings is 2. The first-order chi connectivity index (χ1) is 13.2. The van der Waals surface area contributed by atoms with E-state index in [1.165, 1.54) is 11.8 Å². The van der Waals surface area contributed by atoms with Crippen LogP contribution < -0.4 is 10.1 Å².